The first-order valence-corrected chi connectivity index (χ1v) is 8.21. The predicted octanol–water partition coefficient (Wildman–Crippen LogP) is 2.03. The largest absolute Gasteiger partial charge is 0.465 e. The van der Waals surface area contributed by atoms with Gasteiger partial charge in [0.2, 0.25) is 5.91 Å². The molecule has 2 aromatic carbocycles. The van der Waals surface area contributed by atoms with Crippen LogP contribution in [0.15, 0.2) is 48.5 Å². The molecule has 1 atom stereocenters. The summed E-state index contributed by atoms with van der Waals surface area (Å²) in [4.78, 5) is 35.9. The Balaban J connectivity index is 1.61. The molecule has 0 aromatic heterocycles. The molecule has 2 aromatic rings. The highest BCUT2D eigenvalue weighted by Crippen LogP contribution is 2.28. The fraction of sp³-hybridized carbons (Fsp3) is 0.211. The Kier molecular flexibility index (Phi) is 5.17. The molecule has 1 aliphatic rings. The van der Waals surface area contributed by atoms with E-state index in [2.05, 4.69) is 16.0 Å². The van der Waals surface area contributed by atoms with Gasteiger partial charge in [0.05, 0.1) is 24.0 Å². The van der Waals surface area contributed by atoms with E-state index in [-0.39, 0.29) is 11.8 Å². The van der Waals surface area contributed by atoms with Gasteiger partial charge in [0.15, 0.2) is 0 Å². The van der Waals surface area contributed by atoms with E-state index in [1.807, 2.05) is 6.07 Å². The molecule has 0 fully saturated rings. The summed E-state index contributed by atoms with van der Waals surface area (Å²) in [5, 5.41) is 8.70. The van der Waals surface area contributed by atoms with Crippen molar-refractivity contribution < 1.29 is 19.1 Å². The van der Waals surface area contributed by atoms with E-state index in [1.54, 1.807) is 42.5 Å². The number of carbonyl (C=O) groups excluding carboxylic acids is 3. The number of nitrogens with one attached hydrogen (secondary N) is 3. The maximum absolute atomic E-state index is 12.2. The number of hydrogen-bond donors (Lipinski definition) is 3. The summed E-state index contributed by atoms with van der Waals surface area (Å²) in [5.41, 5.74) is 2.21. The van der Waals surface area contributed by atoms with Crippen LogP contribution in [-0.2, 0) is 9.53 Å². The van der Waals surface area contributed by atoms with E-state index < -0.39 is 12.0 Å². The average Bonchev–Trinajstić information content (AvgIpc) is 2.68. The topological polar surface area (TPSA) is 96.5 Å². The second kappa shape index (κ2) is 7.69. The molecule has 0 saturated carbocycles. The number of fused-ring (bicyclic) bond motifs is 1. The summed E-state index contributed by atoms with van der Waals surface area (Å²) < 4.78 is 4.71. The molecule has 3 rings (SSSR count). The van der Waals surface area contributed by atoms with Crippen LogP contribution in [0.1, 0.15) is 27.1 Å². The van der Waals surface area contributed by atoms with Gasteiger partial charge in [-0.3, -0.25) is 9.59 Å². The minimum Gasteiger partial charge on any atom is -0.465 e. The van der Waals surface area contributed by atoms with Crippen LogP contribution in [0.2, 0.25) is 0 Å². The van der Waals surface area contributed by atoms with Gasteiger partial charge in [-0.15, -0.1) is 0 Å². The molecule has 0 saturated heterocycles. The second-order valence-electron chi connectivity index (χ2n) is 5.85. The van der Waals surface area contributed by atoms with Crippen LogP contribution >= 0.6 is 0 Å². The fourth-order valence-electron chi connectivity index (χ4n) is 2.72. The zero-order chi connectivity index (χ0) is 18.5. The number of methoxy groups -OCH3 is 1. The molecule has 0 aliphatic carbocycles. The van der Waals surface area contributed by atoms with Crippen LogP contribution in [-0.4, -0.2) is 37.5 Å². The van der Waals surface area contributed by atoms with Gasteiger partial charge in [-0.05, 0) is 36.8 Å². The van der Waals surface area contributed by atoms with Crippen molar-refractivity contribution >= 4 is 29.2 Å². The minimum atomic E-state index is -0.508. The van der Waals surface area contributed by atoms with Crippen LogP contribution < -0.4 is 16.0 Å². The lowest BCUT2D eigenvalue weighted by atomic mass is 10.1. The Labute approximate surface area is 150 Å². The van der Waals surface area contributed by atoms with Crippen LogP contribution in [0.5, 0.6) is 0 Å². The summed E-state index contributed by atoms with van der Waals surface area (Å²) in [6, 6.07) is 13.3. The Morgan fingerprint density at radius 3 is 2.58 bits per heavy atom. The minimum absolute atomic E-state index is 0.183. The third-order valence-corrected chi connectivity index (χ3v) is 4.10. The van der Waals surface area contributed by atoms with E-state index in [4.69, 9.17) is 4.74 Å². The summed E-state index contributed by atoms with van der Waals surface area (Å²) in [6.07, 6.45) is 0.409. The summed E-state index contributed by atoms with van der Waals surface area (Å²) in [5.74, 6) is -0.814. The van der Waals surface area contributed by atoms with E-state index in [9.17, 15) is 14.4 Å². The van der Waals surface area contributed by atoms with Crippen LogP contribution in [0.3, 0.4) is 0 Å². The van der Waals surface area contributed by atoms with Gasteiger partial charge in [0.1, 0.15) is 6.04 Å². The monoisotopic (exact) mass is 353 g/mol. The number of amides is 2. The standard InChI is InChI=1S/C19H19N3O4/c1-26-19(25)13-7-8-14-16(11-13)21-15(18(24)22-14)9-10-20-17(23)12-5-3-2-4-6-12/h2-8,11,15,21H,9-10H2,1H3,(H,20,23)(H,22,24). The van der Waals surface area contributed by atoms with Gasteiger partial charge in [0.25, 0.3) is 5.91 Å². The van der Waals surface area contributed by atoms with Crippen LogP contribution in [0, 0.1) is 0 Å². The molecule has 26 heavy (non-hydrogen) atoms. The molecule has 1 heterocycles. The van der Waals surface area contributed by atoms with E-state index in [0.29, 0.717) is 35.5 Å². The second-order valence-corrected chi connectivity index (χ2v) is 5.85. The van der Waals surface area contributed by atoms with Crippen molar-refractivity contribution in [2.45, 2.75) is 12.5 Å². The molecular formula is C19H19N3O4. The summed E-state index contributed by atoms with van der Waals surface area (Å²) in [7, 11) is 1.31. The van der Waals surface area contributed by atoms with Gasteiger partial charge >= 0.3 is 5.97 Å². The maximum atomic E-state index is 12.2. The Morgan fingerprint density at radius 2 is 1.85 bits per heavy atom. The normalized spacial score (nSPS) is 15.3. The molecule has 1 unspecified atom stereocenters. The van der Waals surface area contributed by atoms with Gasteiger partial charge in [-0.1, -0.05) is 18.2 Å². The first-order valence-electron chi connectivity index (χ1n) is 8.21. The number of carbonyl (C=O) groups is 3. The van der Waals surface area contributed by atoms with Crippen molar-refractivity contribution in [1.82, 2.24) is 5.32 Å². The number of benzene rings is 2. The lowest BCUT2D eigenvalue weighted by Gasteiger charge is -2.27. The molecule has 134 valence electrons. The van der Waals surface area contributed by atoms with E-state index in [1.165, 1.54) is 7.11 Å². The van der Waals surface area contributed by atoms with Crippen LogP contribution in [0.4, 0.5) is 11.4 Å². The molecule has 0 bridgehead atoms. The molecule has 0 radical (unpaired) electrons. The Hall–Kier alpha value is -3.35. The lowest BCUT2D eigenvalue weighted by Crippen LogP contribution is -2.41. The van der Waals surface area contributed by atoms with Crippen LogP contribution in [0.25, 0.3) is 0 Å². The zero-order valence-electron chi connectivity index (χ0n) is 14.2. The summed E-state index contributed by atoms with van der Waals surface area (Å²) >= 11 is 0. The van der Waals surface area contributed by atoms with Crippen molar-refractivity contribution in [3.8, 4) is 0 Å². The number of anilines is 2. The van der Waals surface area contributed by atoms with Crippen molar-refractivity contribution in [1.29, 1.82) is 0 Å². The fourth-order valence-corrected chi connectivity index (χ4v) is 2.72. The average molecular weight is 353 g/mol. The maximum Gasteiger partial charge on any atom is 0.337 e. The molecule has 7 nitrogen and oxygen atoms in total. The van der Waals surface area contributed by atoms with Gasteiger partial charge in [-0.2, -0.15) is 0 Å². The Bertz CT molecular complexity index is 836. The molecule has 7 heteroatoms. The third kappa shape index (κ3) is 3.83. The molecule has 3 N–H and O–H groups in total. The highest BCUT2D eigenvalue weighted by atomic mass is 16.5. The molecule has 0 spiro atoms. The number of rotatable bonds is 5. The predicted molar refractivity (Wildman–Crippen MR) is 97.2 cm³/mol. The van der Waals surface area contributed by atoms with E-state index in [0.717, 1.165) is 0 Å². The highest BCUT2D eigenvalue weighted by molar-refractivity contribution is 6.04. The first kappa shape index (κ1) is 17.5. The smallest absolute Gasteiger partial charge is 0.337 e. The zero-order valence-corrected chi connectivity index (χ0v) is 14.2. The molecular weight excluding hydrogens is 334 g/mol. The Morgan fingerprint density at radius 1 is 1.08 bits per heavy atom. The SMILES string of the molecule is COC(=O)c1ccc2c(c1)NC(CCNC(=O)c1ccccc1)C(=O)N2. The summed E-state index contributed by atoms with van der Waals surface area (Å²) in [6.45, 7) is 0.338. The third-order valence-electron chi connectivity index (χ3n) is 4.10. The quantitative estimate of drug-likeness (QED) is 0.715. The van der Waals surface area contributed by atoms with Gasteiger partial charge < -0.3 is 20.7 Å². The number of ether oxygens (including phenoxy) is 1. The molecule has 1 aliphatic heterocycles. The van der Waals surface area contributed by atoms with Crippen molar-refractivity contribution in [2.75, 3.05) is 24.3 Å². The van der Waals surface area contributed by atoms with Gasteiger partial charge in [-0.25, -0.2) is 4.79 Å². The number of esters is 1. The number of hydrogen-bond acceptors (Lipinski definition) is 5. The van der Waals surface area contributed by atoms with E-state index >= 15 is 0 Å². The van der Waals surface area contributed by atoms with Crippen molar-refractivity contribution in [2.24, 2.45) is 0 Å². The van der Waals surface area contributed by atoms with Gasteiger partial charge in [0, 0.05) is 12.1 Å². The molecule has 2 amide bonds. The highest BCUT2D eigenvalue weighted by Gasteiger charge is 2.26. The first-order chi connectivity index (χ1) is 12.6. The van der Waals surface area contributed by atoms with Crippen molar-refractivity contribution in [3.63, 3.8) is 0 Å². The van der Waals surface area contributed by atoms with Crippen molar-refractivity contribution in [3.05, 3.63) is 59.7 Å². The lowest BCUT2D eigenvalue weighted by molar-refractivity contribution is -0.117.